The molecule has 1 aliphatic carbocycles. The Balaban J connectivity index is 1.61. The zero-order valence-electron chi connectivity index (χ0n) is 18.6. The summed E-state index contributed by atoms with van der Waals surface area (Å²) in [5.74, 6) is -0.817. The highest BCUT2D eigenvalue weighted by Gasteiger charge is 2.51. The molecule has 1 aliphatic heterocycles. The molecule has 2 N–H and O–H groups in total. The molecular weight excluding hydrogens is 438 g/mol. The molecule has 0 radical (unpaired) electrons. The van der Waals surface area contributed by atoms with Gasteiger partial charge in [0, 0.05) is 18.5 Å². The van der Waals surface area contributed by atoms with E-state index in [9.17, 15) is 22.0 Å². The average Bonchev–Trinajstić information content (AvgIpc) is 3.22. The van der Waals surface area contributed by atoms with Crippen LogP contribution in [-0.4, -0.2) is 56.6 Å². The number of likely N-dealkylation sites (tertiary alicyclic amines) is 1. The predicted molar refractivity (Wildman–Crippen MR) is 115 cm³/mol. The van der Waals surface area contributed by atoms with Crippen molar-refractivity contribution >= 4 is 15.9 Å². The van der Waals surface area contributed by atoms with E-state index in [0.29, 0.717) is 0 Å². The van der Waals surface area contributed by atoms with Gasteiger partial charge in [0.25, 0.3) is 0 Å². The van der Waals surface area contributed by atoms with Crippen molar-refractivity contribution < 1.29 is 22.0 Å². The second-order valence-corrected chi connectivity index (χ2v) is 11.2. The maximum absolute atomic E-state index is 13.6. The quantitative estimate of drug-likeness (QED) is 0.640. The maximum Gasteiger partial charge on any atom is 0.240 e. The molecule has 1 saturated heterocycles. The first kappa shape index (κ1) is 24.6. The van der Waals surface area contributed by atoms with Gasteiger partial charge in [-0.15, -0.1) is 0 Å². The van der Waals surface area contributed by atoms with Gasteiger partial charge in [-0.25, -0.2) is 21.9 Å². The van der Waals surface area contributed by atoms with Gasteiger partial charge >= 0.3 is 0 Å². The number of rotatable bonds is 7. The number of nitriles is 1. The summed E-state index contributed by atoms with van der Waals surface area (Å²) in [7, 11) is -3.77. The summed E-state index contributed by atoms with van der Waals surface area (Å²) in [4.78, 5) is 13.9. The van der Waals surface area contributed by atoms with E-state index in [0.717, 1.165) is 25.0 Å². The Morgan fingerprint density at radius 3 is 2.56 bits per heavy atom. The summed E-state index contributed by atoms with van der Waals surface area (Å²) in [5, 5.41) is 12.5. The minimum atomic E-state index is -3.77. The Hall–Kier alpha value is -2.09. The number of hydrogen-bond donors (Lipinski definition) is 2. The first-order chi connectivity index (χ1) is 14.9. The van der Waals surface area contributed by atoms with E-state index < -0.39 is 33.6 Å². The van der Waals surface area contributed by atoms with Gasteiger partial charge in [0.15, 0.2) is 0 Å². The summed E-state index contributed by atoms with van der Waals surface area (Å²) in [6, 6.07) is 5.91. The minimum absolute atomic E-state index is 0.000749. The van der Waals surface area contributed by atoms with Crippen molar-refractivity contribution in [1.29, 1.82) is 5.26 Å². The van der Waals surface area contributed by atoms with E-state index in [1.807, 2.05) is 26.8 Å². The Kier molecular flexibility index (Phi) is 6.94. The van der Waals surface area contributed by atoms with E-state index in [-0.39, 0.29) is 48.2 Å². The summed E-state index contributed by atoms with van der Waals surface area (Å²) < 4.78 is 54.5. The molecule has 1 aromatic carbocycles. The van der Waals surface area contributed by atoms with Crippen LogP contribution in [0.3, 0.4) is 0 Å². The second-order valence-electron chi connectivity index (χ2n) is 9.47. The highest BCUT2D eigenvalue weighted by molar-refractivity contribution is 7.89. The standard InChI is InChI=1S/C22H30F2N4O3S/c1-21(2)15(12-27-32(30,31)19-6-4-16(23)5-7-19)8-9-22(21,3)26-13-20(29)28-14-17(24)10-18(28)11-25/h4-7,15,17-18,26-27H,8-10,12-14H2,1-3H3/t15-,17-,18-,22-/m0/s1. The lowest BCUT2D eigenvalue weighted by Gasteiger charge is -2.43. The fourth-order valence-corrected chi connectivity index (χ4v) is 5.81. The van der Waals surface area contributed by atoms with Crippen LogP contribution in [0.25, 0.3) is 0 Å². The van der Waals surface area contributed by atoms with Gasteiger partial charge in [-0.3, -0.25) is 4.79 Å². The van der Waals surface area contributed by atoms with Crippen LogP contribution in [0.1, 0.15) is 40.0 Å². The number of benzene rings is 1. The molecule has 2 aliphatic rings. The Bertz CT molecular complexity index is 993. The molecule has 10 heteroatoms. The smallest absolute Gasteiger partial charge is 0.240 e. The summed E-state index contributed by atoms with van der Waals surface area (Å²) >= 11 is 0. The van der Waals surface area contributed by atoms with Gasteiger partial charge in [-0.2, -0.15) is 5.26 Å². The van der Waals surface area contributed by atoms with Crippen LogP contribution in [0.5, 0.6) is 0 Å². The van der Waals surface area contributed by atoms with Crippen molar-refractivity contribution in [2.24, 2.45) is 11.3 Å². The SMILES string of the molecule is CC1(C)[C@H](CNS(=O)(=O)c2ccc(F)cc2)CC[C@]1(C)NCC(=O)N1C[C@@H](F)C[C@H]1C#N. The molecule has 4 atom stereocenters. The zero-order chi connectivity index (χ0) is 23.7. The molecule has 0 bridgehead atoms. The van der Waals surface area contributed by atoms with Crippen LogP contribution in [0.4, 0.5) is 8.78 Å². The average molecular weight is 469 g/mol. The van der Waals surface area contributed by atoms with Crippen molar-refractivity contribution in [2.75, 3.05) is 19.6 Å². The van der Waals surface area contributed by atoms with Crippen molar-refractivity contribution in [2.45, 2.75) is 62.7 Å². The number of alkyl halides is 1. The van der Waals surface area contributed by atoms with Crippen LogP contribution in [0.2, 0.25) is 0 Å². The predicted octanol–water partition coefficient (Wildman–Crippen LogP) is 2.35. The fourth-order valence-electron chi connectivity index (χ4n) is 4.73. The monoisotopic (exact) mass is 468 g/mol. The highest BCUT2D eigenvalue weighted by atomic mass is 32.2. The number of carbonyl (C=O) groups is 1. The van der Waals surface area contributed by atoms with Crippen molar-refractivity contribution in [1.82, 2.24) is 14.9 Å². The molecule has 7 nitrogen and oxygen atoms in total. The number of nitrogens with one attached hydrogen (secondary N) is 2. The third-order valence-corrected chi connectivity index (χ3v) is 8.87. The first-order valence-corrected chi connectivity index (χ1v) is 12.2. The molecule has 1 saturated carbocycles. The lowest BCUT2D eigenvalue weighted by molar-refractivity contribution is -0.131. The molecule has 1 amide bonds. The Morgan fingerprint density at radius 2 is 1.94 bits per heavy atom. The number of carbonyl (C=O) groups excluding carboxylic acids is 1. The third kappa shape index (κ3) is 4.80. The molecule has 32 heavy (non-hydrogen) atoms. The largest absolute Gasteiger partial charge is 0.323 e. The summed E-state index contributed by atoms with van der Waals surface area (Å²) in [6.07, 6.45) is 0.333. The molecular formula is C22H30F2N4O3S. The first-order valence-electron chi connectivity index (χ1n) is 10.7. The Labute approximate surface area is 188 Å². The summed E-state index contributed by atoms with van der Waals surface area (Å²) in [6.45, 7) is 6.19. The Morgan fingerprint density at radius 1 is 1.28 bits per heavy atom. The number of hydrogen-bond acceptors (Lipinski definition) is 5. The number of halogens is 2. The molecule has 1 heterocycles. The molecule has 0 aromatic heterocycles. The number of sulfonamides is 1. The molecule has 0 unspecified atom stereocenters. The molecule has 3 rings (SSSR count). The van der Waals surface area contributed by atoms with Crippen LogP contribution in [-0.2, 0) is 14.8 Å². The van der Waals surface area contributed by atoms with Crippen LogP contribution < -0.4 is 10.0 Å². The van der Waals surface area contributed by atoms with Gasteiger partial charge in [0.05, 0.1) is 24.1 Å². The van der Waals surface area contributed by atoms with Gasteiger partial charge in [-0.05, 0) is 55.4 Å². The maximum atomic E-state index is 13.6. The van der Waals surface area contributed by atoms with Gasteiger partial charge < -0.3 is 10.2 Å². The fraction of sp³-hybridized carbons (Fsp3) is 0.636. The van der Waals surface area contributed by atoms with Crippen molar-refractivity contribution in [3.05, 3.63) is 30.1 Å². The van der Waals surface area contributed by atoms with Gasteiger partial charge in [0.2, 0.25) is 15.9 Å². The molecule has 1 aromatic rings. The van der Waals surface area contributed by atoms with Gasteiger partial charge in [0.1, 0.15) is 18.0 Å². The number of nitrogens with zero attached hydrogens (tertiary/aromatic N) is 2. The molecule has 0 spiro atoms. The van der Waals surface area contributed by atoms with E-state index >= 15 is 0 Å². The van der Waals surface area contributed by atoms with E-state index in [4.69, 9.17) is 5.26 Å². The van der Waals surface area contributed by atoms with E-state index in [1.54, 1.807) is 0 Å². The van der Waals surface area contributed by atoms with E-state index in [2.05, 4.69) is 10.0 Å². The molecule has 2 fully saturated rings. The number of amides is 1. The second kappa shape index (κ2) is 9.04. The highest BCUT2D eigenvalue weighted by Crippen LogP contribution is 2.49. The third-order valence-electron chi connectivity index (χ3n) is 7.43. The summed E-state index contributed by atoms with van der Waals surface area (Å²) in [5.41, 5.74) is -0.813. The van der Waals surface area contributed by atoms with Crippen molar-refractivity contribution in [3.8, 4) is 6.07 Å². The lowest BCUT2D eigenvalue weighted by atomic mass is 9.71. The van der Waals surface area contributed by atoms with Crippen LogP contribution >= 0.6 is 0 Å². The van der Waals surface area contributed by atoms with Crippen LogP contribution in [0, 0.1) is 28.5 Å². The topological polar surface area (TPSA) is 102 Å². The lowest BCUT2D eigenvalue weighted by Crippen LogP contribution is -2.56. The van der Waals surface area contributed by atoms with Gasteiger partial charge in [-0.1, -0.05) is 13.8 Å². The van der Waals surface area contributed by atoms with E-state index in [1.165, 1.54) is 17.0 Å². The minimum Gasteiger partial charge on any atom is -0.323 e. The van der Waals surface area contributed by atoms with Crippen molar-refractivity contribution in [3.63, 3.8) is 0 Å². The molecule has 176 valence electrons. The normalized spacial score (nSPS) is 29.8. The van der Waals surface area contributed by atoms with Crippen LogP contribution in [0.15, 0.2) is 29.2 Å². The zero-order valence-corrected chi connectivity index (χ0v) is 19.4.